The van der Waals surface area contributed by atoms with Crippen molar-refractivity contribution in [3.05, 3.63) is 0 Å². The van der Waals surface area contributed by atoms with Crippen LogP contribution in [0.1, 0.15) is 26.2 Å². The Hall–Kier alpha value is -0.610. The summed E-state index contributed by atoms with van der Waals surface area (Å²) in [5.74, 6) is 0.364. The van der Waals surface area contributed by atoms with E-state index >= 15 is 0 Å². The van der Waals surface area contributed by atoms with Gasteiger partial charge in [-0.05, 0) is 19.8 Å². The van der Waals surface area contributed by atoms with Gasteiger partial charge in [0.05, 0.1) is 6.10 Å². The van der Waals surface area contributed by atoms with Crippen LogP contribution in [0.4, 0.5) is 0 Å². The Kier molecular flexibility index (Phi) is 4.35. The van der Waals surface area contributed by atoms with Gasteiger partial charge in [-0.1, -0.05) is 0 Å². The van der Waals surface area contributed by atoms with Gasteiger partial charge in [0.1, 0.15) is 0 Å². The van der Waals surface area contributed by atoms with Gasteiger partial charge in [-0.15, -0.1) is 0 Å². The molecule has 0 saturated carbocycles. The maximum Gasteiger partial charge on any atom is 0.223 e. The van der Waals surface area contributed by atoms with Crippen LogP contribution >= 0.6 is 0 Å². The Morgan fingerprint density at radius 3 is 3.00 bits per heavy atom. The smallest absolute Gasteiger partial charge is 0.223 e. The van der Waals surface area contributed by atoms with Crippen LogP contribution in [0, 0.1) is 5.92 Å². The number of nitrogens with two attached hydrogens (primary N) is 1. The van der Waals surface area contributed by atoms with Gasteiger partial charge in [0.25, 0.3) is 0 Å². The summed E-state index contributed by atoms with van der Waals surface area (Å²) in [6, 6.07) is 0. The summed E-state index contributed by atoms with van der Waals surface area (Å²) < 4.78 is 0. The van der Waals surface area contributed by atoms with Gasteiger partial charge in [-0.2, -0.15) is 0 Å². The molecule has 1 rings (SSSR count). The summed E-state index contributed by atoms with van der Waals surface area (Å²) in [7, 11) is 0. The van der Waals surface area contributed by atoms with E-state index in [9.17, 15) is 9.90 Å². The van der Waals surface area contributed by atoms with E-state index in [0.29, 0.717) is 19.5 Å². The third-order valence-electron chi connectivity index (χ3n) is 2.85. The second-order valence-electron chi connectivity index (χ2n) is 4.02. The molecule has 0 aromatic rings. The van der Waals surface area contributed by atoms with E-state index < -0.39 is 0 Å². The molecule has 4 nitrogen and oxygen atoms in total. The molecule has 4 heteroatoms. The predicted octanol–water partition coefficient (Wildman–Crippen LogP) is -0.0454. The maximum atomic E-state index is 11.5. The highest BCUT2D eigenvalue weighted by Crippen LogP contribution is 2.19. The molecule has 0 radical (unpaired) electrons. The topological polar surface area (TPSA) is 66.6 Å². The zero-order chi connectivity index (χ0) is 10.6. The molecule has 0 bridgehead atoms. The number of aliphatic hydroxyl groups excluding tert-OH is 1. The number of piperidine rings is 1. The van der Waals surface area contributed by atoms with Crippen molar-refractivity contribution >= 4 is 5.91 Å². The van der Waals surface area contributed by atoms with Crippen molar-refractivity contribution in [3.63, 3.8) is 0 Å². The van der Waals surface area contributed by atoms with E-state index in [4.69, 9.17) is 5.73 Å². The van der Waals surface area contributed by atoms with Gasteiger partial charge >= 0.3 is 0 Å². The first-order chi connectivity index (χ1) is 6.65. The molecule has 0 spiro atoms. The molecular formula is C10H20N2O2. The van der Waals surface area contributed by atoms with Gasteiger partial charge in [0.15, 0.2) is 0 Å². The van der Waals surface area contributed by atoms with Crippen LogP contribution in [0.2, 0.25) is 0 Å². The lowest BCUT2D eigenvalue weighted by Gasteiger charge is -2.34. The molecule has 1 aliphatic rings. The zero-order valence-electron chi connectivity index (χ0n) is 8.78. The summed E-state index contributed by atoms with van der Waals surface area (Å²) in [6.07, 6.45) is 2.12. The molecule has 1 saturated heterocycles. The first-order valence-electron chi connectivity index (χ1n) is 5.31. The fraction of sp³-hybridized carbons (Fsp3) is 0.900. The van der Waals surface area contributed by atoms with Gasteiger partial charge in [0.2, 0.25) is 5.91 Å². The minimum Gasteiger partial charge on any atom is -0.393 e. The minimum absolute atomic E-state index is 0.123. The fourth-order valence-corrected chi connectivity index (χ4v) is 1.91. The first kappa shape index (κ1) is 11.5. The van der Waals surface area contributed by atoms with Crippen molar-refractivity contribution in [2.45, 2.75) is 32.3 Å². The minimum atomic E-state index is -0.316. The lowest BCUT2D eigenvalue weighted by atomic mass is 9.93. The molecule has 1 aliphatic heterocycles. The molecule has 1 amide bonds. The Morgan fingerprint density at radius 1 is 1.71 bits per heavy atom. The van der Waals surface area contributed by atoms with Crippen molar-refractivity contribution in [3.8, 4) is 0 Å². The standard InChI is InChI=1S/C10H20N2O2/c1-8(13)9-3-2-6-12(7-9)10(14)4-5-11/h8-9,13H,2-7,11H2,1H3. The number of aliphatic hydroxyl groups is 1. The van der Waals surface area contributed by atoms with Crippen LogP contribution < -0.4 is 5.73 Å². The van der Waals surface area contributed by atoms with Gasteiger partial charge in [-0.3, -0.25) is 4.79 Å². The lowest BCUT2D eigenvalue weighted by molar-refractivity contribution is -0.133. The van der Waals surface area contributed by atoms with Crippen LogP contribution in [0.3, 0.4) is 0 Å². The molecule has 1 heterocycles. The maximum absolute atomic E-state index is 11.5. The molecule has 0 aromatic carbocycles. The van der Waals surface area contributed by atoms with Gasteiger partial charge < -0.3 is 15.7 Å². The van der Waals surface area contributed by atoms with E-state index in [1.54, 1.807) is 6.92 Å². The molecule has 0 aliphatic carbocycles. The van der Waals surface area contributed by atoms with Crippen molar-refractivity contribution in [1.29, 1.82) is 0 Å². The van der Waals surface area contributed by atoms with Crippen molar-refractivity contribution in [2.75, 3.05) is 19.6 Å². The molecule has 1 fully saturated rings. The Balaban J connectivity index is 2.43. The normalized spacial score (nSPS) is 24.8. The third kappa shape index (κ3) is 2.96. The van der Waals surface area contributed by atoms with Crippen molar-refractivity contribution in [1.82, 2.24) is 4.90 Å². The molecule has 2 unspecified atom stereocenters. The average Bonchev–Trinajstić information content (AvgIpc) is 2.18. The van der Waals surface area contributed by atoms with E-state index in [2.05, 4.69) is 0 Å². The second kappa shape index (κ2) is 5.32. The molecule has 3 N–H and O–H groups in total. The highest BCUT2D eigenvalue weighted by Gasteiger charge is 2.25. The van der Waals surface area contributed by atoms with Crippen LogP contribution in [-0.2, 0) is 4.79 Å². The van der Waals surface area contributed by atoms with Crippen LogP contribution in [0.25, 0.3) is 0 Å². The Morgan fingerprint density at radius 2 is 2.43 bits per heavy atom. The van der Waals surface area contributed by atoms with Gasteiger partial charge in [-0.25, -0.2) is 0 Å². The van der Waals surface area contributed by atoms with E-state index in [0.717, 1.165) is 19.4 Å². The summed E-state index contributed by atoms with van der Waals surface area (Å²) in [5.41, 5.74) is 5.33. The number of rotatable bonds is 3. The third-order valence-corrected chi connectivity index (χ3v) is 2.85. The number of hydrogen-bond donors (Lipinski definition) is 2. The van der Waals surface area contributed by atoms with E-state index in [-0.39, 0.29) is 17.9 Å². The summed E-state index contributed by atoms with van der Waals surface area (Å²) in [5, 5.41) is 9.44. The SMILES string of the molecule is CC(O)C1CCCN(C(=O)CCN)C1. The lowest BCUT2D eigenvalue weighted by Crippen LogP contribution is -2.43. The Bertz CT molecular complexity index is 195. The zero-order valence-corrected chi connectivity index (χ0v) is 8.78. The summed E-state index contributed by atoms with van der Waals surface area (Å²) in [6.45, 7) is 3.72. The number of nitrogens with zero attached hydrogens (tertiary/aromatic N) is 1. The highest BCUT2D eigenvalue weighted by atomic mass is 16.3. The average molecular weight is 200 g/mol. The van der Waals surface area contributed by atoms with Crippen molar-refractivity contribution < 1.29 is 9.90 Å². The van der Waals surface area contributed by atoms with Gasteiger partial charge in [0, 0.05) is 32.0 Å². The molecular weight excluding hydrogens is 180 g/mol. The number of carbonyl (C=O) groups is 1. The first-order valence-corrected chi connectivity index (χ1v) is 5.31. The molecule has 82 valence electrons. The Labute approximate surface area is 85.1 Å². The molecule has 14 heavy (non-hydrogen) atoms. The quantitative estimate of drug-likeness (QED) is 0.671. The summed E-state index contributed by atoms with van der Waals surface area (Å²) in [4.78, 5) is 13.4. The predicted molar refractivity (Wildman–Crippen MR) is 54.7 cm³/mol. The van der Waals surface area contributed by atoms with Crippen LogP contribution in [0.15, 0.2) is 0 Å². The van der Waals surface area contributed by atoms with Crippen LogP contribution in [-0.4, -0.2) is 41.7 Å². The highest BCUT2D eigenvalue weighted by molar-refractivity contribution is 5.76. The van der Waals surface area contributed by atoms with E-state index in [1.165, 1.54) is 0 Å². The fourth-order valence-electron chi connectivity index (χ4n) is 1.91. The number of amides is 1. The summed E-state index contributed by atoms with van der Waals surface area (Å²) >= 11 is 0. The van der Waals surface area contributed by atoms with E-state index in [1.807, 2.05) is 4.90 Å². The molecule has 0 aromatic heterocycles. The monoisotopic (exact) mass is 200 g/mol. The second-order valence-corrected chi connectivity index (χ2v) is 4.02. The number of hydrogen-bond acceptors (Lipinski definition) is 3. The largest absolute Gasteiger partial charge is 0.393 e. The van der Waals surface area contributed by atoms with Crippen LogP contribution in [0.5, 0.6) is 0 Å². The van der Waals surface area contributed by atoms with Crippen molar-refractivity contribution in [2.24, 2.45) is 11.7 Å². The number of likely N-dealkylation sites (tertiary alicyclic amines) is 1. The number of carbonyl (C=O) groups excluding carboxylic acids is 1. The molecule has 2 atom stereocenters.